The molecule has 4 N–H and O–H groups in total. The average molecular weight is 261 g/mol. The smallest absolute Gasteiger partial charge is 0.167 e. The van der Waals surface area contributed by atoms with Gasteiger partial charge in [-0.3, -0.25) is 4.68 Å². The number of nitrogens with zero attached hydrogens (tertiary/aromatic N) is 2. The summed E-state index contributed by atoms with van der Waals surface area (Å²) in [7, 11) is 1.73. The number of hydrogen-bond donors (Lipinski definition) is 3. The minimum Gasteiger partial charge on any atom is -0.504 e. The molecule has 0 fully saturated rings. The van der Waals surface area contributed by atoms with Gasteiger partial charge in [0.2, 0.25) is 0 Å². The molecule has 1 aromatic heterocycles. The van der Waals surface area contributed by atoms with E-state index >= 15 is 0 Å². The van der Waals surface area contributed by atoms with E-state index in [0.29, 0.717) is 17.1 Å². The second-order valence-corrected chi connectivity index (χ2v) is 5.72. The second-order valence-electron chi connectivity index (χ2n) is 5.72. The van der Waals surface area contributed by atoms with E-state index in [2.05, 4.69) is 5.10 Å². The van der Waals surface area contributed by atoms with Crippen molar-refractivity contribution in [3.63, 3.8) is 0 Å². The molecule has 0 unspecified atom stereocenters. The van der Waals surface area contributed by atoms with Crippen molar-refractivity contribution >= 4 is 5.82 Å². The lowest BCUT2D eigenvalue weighted by molar-refractivity contribution is 0.403. The van der Waals surface area contributed by atoms with Gasteiger partial charge < -0.3 is 15.9 Å². The van der Waals surface area contributed by atoms with Crippen LogP contribution >= 0.6 is 0 Å². The lowest BCUT2D eigenvalue weighted by Gasteiger charge is -2.20. The van der Waals surface area contributed by atoms with Crippen LogP contribution in [0.3, 0.4) is 0 Å². The van der Waals surface area contributed by atoms with Gasteiger partial charge in [-0.25, -0.2) is 0 Å². The molecule has 0 saturated carbocycles. The number of hydrogen-bond acceptors (Lipinski definition) is 4. The molecular weight excluding hydrogens is 242 g/mol. The maximum absolute atomic E-state index is 10.0. The highest BCUT2D eigenvalue weighted by Crippen LogP contribution is 2.40. The number of benzene rings is 1. The third-order valence-corrected chi connectivity index (χ3v) is 3.15. The van der Waals surface area contributed by atoms with Crippen molar-refractivity contribution in [2.75, 3.05) is 5.73 Å². The van der Waals surface area contributed by atoms with E-state index in [1.807, 2.05) is 26.8 Å². The van der Waals surface area contributed by atoms with Crippen molar-refractivity contribution in [2.24, 2.45) is 7.05 Å². The van der Waals surface area contributed by atoms with Gasteiger partial charge >= 0.3 is 0 Å². The van der Waals surface area contributed by atoms with Crippen LogP contribution in [0.25, 0.3) is 11.3 Å². The predicted octanol–water partition coefficient (Wildman–Crippen LogP) is 2.38. The van der Waals surface area contributed by atoms with E-state index in [0.717, 1.165) is 5.56 Å². The number of aromatic hydroxyl groups is 2. The Morgan fingerprint density at radius 3 is 2.26 bits per heavy atom. The van der Waals surface area contributed by atoms with E-state index in [1.165, 1.54) is 4.68 Å². The molecule has 0 atom stereocenters. The van der Waals surface area contributed by atoms with E-state index in [9.17, 15) is 10.2 Å². The Balaban J connectivity index is 2.65. The molecule has 1 heterocycles. The monoisotopic (exact) mass is 261 g/mol. The van der Waals surface area contributed by atoms with Crippen LogP contribution in [0.5, 0.6) is 11.5 Å². The Hall–Kier alpha value is -2.17. The van der Waals surface area contributed by atoms with Gasteiger partial charge in [-0.1, -0.05) is 20.8 Å². The van der Waals surface area contributed by atoms with Crippen LogP contribution in [0.15, 0.2) is 18.2 Å². The molecule has 1 aromatic carbocycles. The maximum atomic E-state index is 10.0. The molecule has 0 aliphatic carbocycles. The zero-order valence-electron chi connectivity index (χ0n) is 11.6. The zero-order valence-corrected chi connectivity index (χ0v) is 11.6. The maximum Gasteiger partial charge on any atom is 0.167 e. The minimum absolute atomic E-state index is 0.139. The average Bonchev–Trinajstić information content (AvgIpc) is 2.61. The number of nitrogen functional groups attached to an aromatic ring is 1. The number of phenolic OH excluding ortho intramolecular Hbond substituents is 2. The topological polar surface area (TPSA) is 84.3 Å². The van der Waals surface area contributed by atoms with Crippen LogP contribution in [-0.4, -0.2) is 20.0 Å². The molecule has 2 aromatic rings. The molecule has 0 bridgehead atoms. The minimum atomic E-state index is -0.175. The van der Waals surface area contributed by atoms with Crippen LogP contribution in [0.4, 0.5) is 5.82 Å². The number of aryl methyl sites for hydroxylation is 1. The van der Waals surface area contributed by atoms with E-state index < -0.39 is 0 Å². The van der Waals surface area contributed by atoms with Gasteiger partial charge in [0.25, 0.3) is 0 Å². The summed E-state index contributed by atoms with van der Waals surface area (Å²) in [6.45, 7) is 6.11. The van der Waals surface area contributed by atoms with E-state index in [-0.39, 0.29) is 16.9 Å². The third kappa shape index (κ3) is 2.36. The summed E-state index contributed by atoms with van der Waals surface area (Å²) >= 11 is 0. The van der Waals surface area contributed by atoms with Crippen LogP contribution in [0.1, 0.15) is 26.3 Å². The first-order valence-electron chi connectivity index (χ1n) is 6.06. The van der Waals surface area contributed by atoms with Crippen LogP contribution < -0.4 is 5.73 Å². The van der Waals surface area contributed by atoms with Gasteiger partial charge in [0, 0.05) is 18.7 Å². The number of rotatable bonds is 1. The summed E-state index contributed by atoms with van der Waals surface area (Å²) in [6, 6.07) is 5.07. The van der Waals surface area contributed by atoms with Gasteiger partial charge in [-0.2, -0.15) is 5.10 Å². The summed E-state index contributed by atoms with van der Waals surface area (Å²) < 4.78 is 1.52. The first-order chi connectivity index (χ1) is 8.70. The molecule has 2 rings (SSSR count). The number of aromatic nitrogens is 2. The van der Waals surface area contributed by atoms with Crippen molar-refractivity contribution in [2.45, 2.75) is 26.2 Å². The first-order valence-corrected chi connectivity index (χ1v) is 6.06. The van der Waals surface area contributed by atoms with Gasteiger partial charge in [0.05, 0.1) is 5.69 Å². The van der Waals surface area contributed by atoms with E-state index in [4.69, 9.17) is 5.73 Å². The molecule has 0 saturated heterocycles. The highest BCUT2D eigenvalue weighted by Gasteiger charge is 2.20. The number of nitrogens with two attached hydrogens (primary N) is 1. The van der Waals surface area contributed by atoms with Crippen molar-refractivity contribution < 1.29 is 10.2 Å². The Labute approximate surface area is 112 Å². The zero-order chi connectivity index (χ0) is 14.4. The quantitative estimate of drug-likeness (QED) is 0.688. The molecule has 0 aliphatic rings. The standard InChI is InChI=1S/C14H19N3O2/c1-14(2,3)8-5-9(13(19)11(18)6-8)10-7-12(15)17(4)16-10/h5-7,18-19H,15H2,1-4H3. The summed E-state index contributed by atoms with van der Waals surface area (Å²) in [5.74, 6) is 0.174. The van der Waals surface area contributed by atoms with Crippen molar-refractivity contribution in [1.29, 1.82) is 0 Å². The molecule has 0 aliphatic heterocycles. The first kappa shape index (κ1) is 13.3. The van der Waals surface area contributed by atoms with Crippen LogP contribution in [0, 0.1) is 0 Å². The fraction of sp³-hybridized carbons (Fsp3) is 0.357. The van der Waals surface area contributed by atoms with Crippen molar-refractivity contribution in [3.8, 4) is 22.8 Å². The molecule has 0 amide bonds. The fourth-order valence-corrected chi connectivity index (χ4v) is 1.86. The molecule has 5 nitrogen and oxygen atoms in total. The number of phenols is 2. The van der Waals surface area contributed by atoms with Crippen molar-refractivity contribution in [3.05, 3.63) is 23.8 Å². The lowest BCUT2D eigenvalue weighted by Crippen LogP contribution is -2.11. The highest BCUT2D eigenvalue weighted by molar-refractivity contribution is 5.73. The summed E-state index contributed by atoms with van der Waals surface area (Å²) in [6.07, 6.45) is 0. The third-order valence-electron chi connectivity index (χ3n) is 3.15. The van der Waals surface area contributed by atoms with Gasteiger partial charge in [-0.15, -0.1) is 0 Å². The summed E-state index contributed by atoms with van der Waals surface area (Å²) in [5.41, 5.74) is 7.55. The molecule has 0 spiro atoms. The highest BCUT2D eigenvalue weighted by atomic mass is 16.3. The van der Waals surface area contributed by atoms with Gasteiger partial charge in [0.15, 0.2) is 11.5 Å². The fourth-order valence-electron chi connectivity index (χ4n) is 1.86. The van der Waals surface area contributed by atoms with Crippen LogP contribution in [-0.2, 0) is 12.5 Å². The lowest BCUT2D eigenvalue weighted by atomic mass is 9.85. The molecule has 102 valence electrons. The molecule has 0 radical (unpaired) electrons. The summed E-state index contributed by atoms with van der Waals surface area (Å²) in [5, 5.41) is 24.1. The number of anilines is 1. The predicted molar refractivity (Wildman–Crippen MR) is 75.1 cm³/mol. The molecule has 19 heavy (non-hydrogen) atoms. The normalized spacial score (nSPS) is 11.8. The molecular formula is C14H19N3O2. The Bertz CT molecular complexity index is 605. The second kappa shape index (κ2) is 4.19. The Morgan fingerprint density at radius 2 is 1.79 bits per heavy atom. The van der Waals surface area contributed by atoms with Gasteiger partial charge in [-0.05, 0) is 23.1 Å². The SMILES string of the molecule is Cn1nc(-c2cc(C(C)(C)C)cc(O)c2O)cc1N. The molecule has 5 heteroatoms. The largest absolute Gasteiger partial charge is 0.504 e. The van der Waals surface area contributed by atoms with Crippen LogP contribution in [0.2, 0.25) is 0 Å². The van der Waals surface area contributed by atoms with E-state index in [1.54, 1.807) is 19.2 Å². The Morgan fingerprint density at radius 1 is 1.16 bits per heavy atom. The Kier molecular flexibility index (Phi) is 2.92. The van der Waals surface area contributed by atoms with Crippen molar-refractivity contribution in [1.82, 2.24) is 9.78 Å². The summed E-state index contributed by atoms with van der Waals surface area (Å²) in [4.78, 5) is 0. The van der Waals surface area contributed by atoms with Gasteiger partial charge in [0.1, 0.15) is 5.82 Å².